The number of hydrogen-bond donors (Lipinski definition) is 2. The van der Waals surface area contributed by atoms with E-state index < -0.39 is 0 Å². The largest absolute Gasteiger partial charge is 0.492 e. The molecule has 0 fully saturated rings. The number of aliphatic imine (C=N–C) groups is 1. The maximum atomic E-state index is 11.8. The van der Waals surface area contributed by atoms with E-state index in [9.17, 15) is 4.79 Å². The molecule has 2 aromatic carbocycles. The monoisotopic (exact) mass is 404 g/mol. The van der Waals surface area contributed by atoms with Gasteiger partial charge in [-0.25, -0.2) is 0 Å². The Morgan fingerprint density at radius 1 is 0.967 bits per heavy atom. The molecular weight excluding hydrogens is 376 g/mol. The van der Waals surface area contributed by atoms with Crippen LogP contribution in [0.2, 0.25) is 0 Å². The molecule has 0 saturated carbocycles. The summed E-state index contributed by atoms with van der Waals surface area (Å²) >= 11 is 0. The van der Waals surface area contributed by atoms with Gasteiger partial charge in [0.05, 0.1) is 13.1 Å². The Labute approximate surface area is 177 Å². The number of pyridine rings is 1. The second-order valence-corrected chi connectivity index (χ2v) is 7.00. The Kier molecular flexibility index (Phi) is 7.66. The highest BCUT2D eigenvalue weighted by Crippen LogP contribution is 2.10. The highest BCUT2D eigenvalue weighted by Gasteiger charge is 2.01. The second-order valence-electron chi connectivity index (χ2n) is 7.00. The van der Waals surface area contributed by atoms with Crippen LogP contribution >= 0.6 is 0 Å². The van der Waals surface area contributed by atoms with Crippen LogP contribution in [0.3, 0.4) is 0 Å². The van der Waals surface area contributed by atoms with Crippen LogP contribution < -0.4 is 20.9 Å². The lowest BCUT2D eigenvalue weighted by Crippen LogP contribution is -2.38. The second kappa shape index (κ2) is 10.9. The first kappa shape index (κ1) is 21.2. The highest BCUT2D eigenvalue weighted by atomic mass is 16.5. The third-order valence-corrected chi connectivity index (χ3v) is 4.64. The molecular formula is C24H28N4O2. The number of rotatable bonds is 8. The van der Waals surface area contributed by atoms with E-state index in [4.69, 9.17) is 4.74 Å². The molecule has 1 heterocycles. The zero-order chi connectivity index (χ0) is 21.2. The molecule has 30 heavy (non-hydrogen) atoms. The molecule has 0 aliphatic carbocycles. The van der Waals surface area contributed by atoms with Gasteiger partial charge in [-0.05, 0) is 36.2 Å². The molecule has 0 saturated heterocycles. The third-order valence-electron chi connectivity index (χ3n) is 4.64. The molecule has 6 heteroatoms. The van der Waals surface area contributed by atoms with Crippen LogP contribution in [0.5, 0.6) is 5.75 Å². The Morgan fingerprint density at radius 3 is 2.40 bits per heavy atom. The lowest BCUT2D eigenvalue weighted by atomic mass is 10.1. The smallest absolute Gasteiger partial charge is 0.250 e. The number of hydrogen-bond acceptors (Lipinski definition) is 3. The van der Waals surface area contributed by atoms with Gasteiger partial charge in [0.1, 0.15) is 12.4 Å². The Morgan fingerprint density at radius 2 is 1.70 bits per heavy atom. The van der Waals surface area contributed by atoms with E-state index in [0.29, 0.717) is 26.2 Å². The lowest BCUT2D eigenvalue weighted by molar-refractivity contribution is 0.322. The van der Waals surface area contributed by atoms with E-state index in [1.165, 1.54) is 5.56 Å². The maximum absolute atomic E-state index is 11.8. The molecule has 3 rings (SSSR count). The van der Waals surface area contributed by atoms with Gasteiger partial charge in [-0.2, -0.15) is 0 Å². The molecule has 156 valence electrons. The van der Waals surface area contributed by atoms with Crippen molar-refractivity contribution < 1.29 is 4.74 Å². The van der Waals surface area contributed by atoms with Crippen molar-refractivity contribution in [2.24, 2.45) is 4.99 Å². The SMILES string of the molecule is CN=C(NCCOc1ccc(C)cc1)NCc1ccc(Cn2ccccc2=O)cc1. The van der Waals surface area contributed by atoms with Gasteiger partial charge in [0.25, 0.3) is 5.56 Å². The topological polar surface area (TPSA) is 67.7 Å². The minimum atomic E-state index is 0.00414. The summed E-state index contributed by atoms with van der Waals surface area (Å²) in [5.41, 5.74) is 3.44. The number of nitrogens with zero attached hydrogens (tertiary/aromatic N) is 2. The summed E-state index contributed by atoms with van der Waals surface area (Å²) in [6.07, 6.45) is 1.80. The van der Waals surface area contributed by atoms with Crippen molar-refractivity contribution in [2.75, 3.05) is 20.2 Å². The predicted octanol–water partition coefficient (Wildman–Crippen LogP) is 2.95. The Balaban J connectivity index is 1.41. The van der Waals surface area contributed by atoms with Crippen LogP contribution in [0.15, 0.2) is 82.7 Å². The van der Waals surface area contributed by atoms with Crippen molar-refractivity contribution in [3.05, 3.63) is 100.0 Å². The van der Waals surface area contributed by atoms with E-state index in [-0.39, 0.29) is 5.56 Å². The van der Waals surface area contributed by atoms with Crippen molar-refractivity contribution in [3.8, 4) is 5.75 Å². The van der Waals surface area contributed by atoms with Crippen LogP contribution in [0.1, 0.15) is 16.7 Å². The molecule has 0 bridgehead atoms. The number of nitrogens with one attached hydrogen (secondary N) is 2. The molecule has 0 aliphatic heterocycles. The van der Waals surface area contributed by atoms with Gasteiger partial charge in [0.2, 0.25) is 0 Å². The van der Waals surface area contributed by atoms with Crippen LogP contribution in [0.4, 0.5) is 0 Å². The van der Waals surface area contributed by atoms with Crippen LogP contribution in [0.25, 0.3) is 0 Å². The number of aryl methyl sites for hydroxylation is 1. The molecule has 0 spiro atoms. The van der Waals surface area contributed by atoms with Gasteiger partial charge in [-0.3, -0.25) is 9.79 Å². The Bertz CT molecular complexity index is 1010. The van der Waals surface area contributed by atoms with Crippen molar-refractivity contribution in [3.63, 3.8) is 0 Å². The van der Waals surface area contributed by atoms with Crippen molar-refractivity contribution in [1.29, 1.82) is 0 Å². The molecule has 0 radical (unpaired) electrons. The van der Waals surface area contributed by atoms with Crippen molar-refractivity contribution in [1.82, 2.24) is 15.2 Å². The van der Waals surface area contributed by atoms with Crippen LogP contribution in [-0.4, -0.2) is 30.7 Å². The normalized spacial score (nSPS) is 11.2. The summed E-state index contributed by atoms with van der Waals surface area (Å²) in [6.45, 7) is 4.48. The molecule has 1 aromatic heterocycles. The molecule has 0 unspecified atom stereocenters. The summed E-state index contributed by atoms with van der Waals surface area (Å²) in [7, 11) is 1.75. The van der Waals surface area contributed by atoms with Crippen molar-refractivity contribution >= 4 is 5.96 Å². The fourth-order valence-electron chi connectivity index (χ4n) is 2.93. The highest BCUT2D eigenvalue weighted by molar-refractivity contribution is 5.79. The standard InChI is InChI=1S/C24H28N4O2/c1-19-6-12-22(13-7-19)30-16-14-26-24(25-2)27-17-20-8-10-21(11-9-20)18-28-15-4-3-5-23(28)29/h3-13,15H,14,16-18H2,1-2H3,(H2,25,26,27). The molecule has 2 N–H and O–H groups in total. The fourth-order valence-corrected chi connectivity index (χ4v) is 2.93. The van der Waals surface area contributed by atoms with E-state index in [2.05, 4.69) is 34.7 Å². The van der Waals surface area contributed by atoms with Gasteiger partial charge in [0, 0.05) is 25.9 Å². The maximum Gasteiger partial charge on any atom is 0.250 e. The first-order valence-corrected chi connectivity index (χ1v) is 10.0. The van der Waals surface area contributed by atoms with Gasteiger partial charge in [-0.1, -0.05) is 48.0 Å². The predicted molar refractivity (Wildman–Crippen MR) is 121 cm³/mol. The summed E-state index contributed by atoms with van der Waals surface area (Å²) in [6, 6.07) is 21.4. The van der Waals surface area contributed by atoms with E-state index >= 15 is 0 Å². The average molecular weight is 405 g/mol. The molecule has 0 atom stereocenters. The first-order chi connectivity index (χ1) is 14.6. The number of benzene rings is 2. The summed E-state index contributed by atoms with van der Waals surface area (Å²) < 4.78 is 7.41. The minimum absolute atomic E-state index is 0.00414. The van der Waals surface area contributed by atoms with E-state index in [1.54, 1.807) is 29.9 Å². The summed E-state index contributed by atoms with van der Waals surface area (Å²) in [5, 5.41) is 6.55. The quantitative estimate of drug-likeness (QED) is 0.344. The number of guanidine groups is 1. The number of ether oxygens (including phenoxy) is 1. The van der Waals surface area contributed by atoms with Gasteiger partial charge >= 0.3 is 0 Å². The van der Waals surface area contributed by atoms with Crippen LogP contribution in [0, 0.1) is 6.92 Å². The minimum Gasteiger partial charge on any atom is -0.492 e. The molecule has 3 aromatic rings. The average Bonchev–Trinajstić information content (AvgIpc) is 2.77. The zero-order valence-electron chi connectivity index (χ0n) is 17.5. The number of aromatic nitrogens is 1. The van der Waals surface area contributed by atoms with Gasteiger partial charge in [0.15, 0.2) is 5.96 Å². The Hall–Kier alpha value is -3.54. The first-order valence-electron chi connectivity index (χ1n) is 10.0. The lowest BCUT2D eigenvalue weighted by Gasteiger charge is -2.13. The molecule has 6 nitrogen and oxygen atoms in total. The summed E-state index contributed by atoms with van der Waals surface area (Å²) in [4.78, 5) is 16.1. The van der Waals surface area contributed by atoms with Gasteiger partial charge in [-0.15, -0.1) is 0 Å². The fraction of sp³-hybridized carbons (Fsp3) is 0.250. The van der Waals surface area contributed by atoms with Crippen molar-refractivity contribution in [2.45, 2.75) is 20.0 Å². The van der Waals surface area contributed by atoms with E-state index in [0.717, 1.165) is 22.8 Å². The van der Waals surface area contributed by atoms with Gasteiger partial charge < -0.3 is 19.9 Å². The van der Waals surface area contributed by atoms with Crippen LogP contribution in [-0.2, 0) is 13.1 Å². The summed E-state index contributed by atoms with van der Waals surface area (Å²) in [5.74, 6) is 1.59. The molecule has 0 amide bonds. The van der Waals surface area contributed by atoms with E-state index in [1.807, 2.05) is 42.5 Å². The third kappa shape index (κ3) is 6.51. The zero-order valence-corrected chi connectivity index (χ0v) is 17.5. The molecule has 0 aliphatic rings.